The van der Waals surface area contributed by atoms with E-state index in [4.69, 9.17) is 4.74 Å². The number of aryl methyl sites for hydroxylation is 1. The SMILES string of the molecule is O=C(CCCCCn1nnc2ccccc2c1=O)Nc1nnc([C@H]2CCCO2)s1. The number of amides is 1. The largest absolute Gasteiger partial charge is 0.371 e. The molecule has 1 fully saturated rings. The third kappa shape index (κ3) is 4.83. The molecule has 3 aromatic rings. The Hall–Kier alpha value is -2.72. The molecular weight excluding hydrogens is 392 g/mol. The summed E-state index contributed by atoms with van der Waals surface area (Å²) < 4.78 is 6.96. The van der Waals surface area contributed by atoms with Gasteiger partial charge in [0.2, 0.25) is 11.0 Å². The van der Waals surface area contributed by atoms with E-state index < -0.39 is 0 Å². The van der Waals surface area contributed by atoms with Crippen LogP contribution in [0.5, 0.6) is 0 Å². The average Bonchev–Trinajstić information content (AvgIpc) is 3.41. The van der Waals surface area contributed by atoms with Crippen LogP contribution in [0.1, 0.15) is 49.6 Å². The van der Waals surface area contributed by atoms with Crippen molar-refractivity contribution in [2.75, 3.05) is 11.9 Å². The standard InChI is InChI=1S/C19H22N6O3S/c26-16(20-19-23-22-17(29-19)15-9-6-12-28-15)10-2-1-5-11-25-18(27)13-7-3-4-8-14(13)21-24-25/h3-4,7-8,15H,1-2,5-6,9-12H2,(H,20,23,26)/t15-/m1/s1. The molecule has 4 rings (SSSR count). The maximum absolute atomic E-state index is 12.4. The molecule has 0 saturated carbocycles. The summed E-state index contributed by atoms with van der Waals surface area (Å²) in [6, 6.07) is 7.17. The number of ether oxygens (including phenoxy) is 1. The number of fused-ring (bicyclic) bond motifs is 1. The molecule has 3 heterocycles. The average molecular weight is 414 g/mol. The molecule has 1 atom stereocenters. The first-order valence-corrected chi connectivity index (χ1v) is 10.6. The van der Waals surface area contributed by atoms with E-state index in [-0.39, 0.29) is 17.6 Å². The van der Waals surface area contributed by atoms with Gasteiger partial charge < -0.3 is 10.1 Å². The zero-order chi connectivity index (χ0) is 20.1. The molecular formula is C19H22N6O3S. The Bertz CT molecular complexity index is 1040. The van der Waals surface area contributed by atoms with Gasteiger partial charge in [0, 0.05) is 19.6 Å². The summed E-state index contributed by atoms with van der Waals surface area (Å²) in [4.78, 5) is 24.5. The molecule has 10 heteroatoms. The highest BCUT2D eigenvalue weighted by atomic mass is 32.1. The molecule has 29 heavy (non-hydrogen) atoms. The predicted molar refractivity (Wildman–Crippen MR) is 109 cm³/mol. The van der Waals surface area contributed by atoms with Crippen molar-refractivity contribution in [1.82, 2.24) is 25.2 Å². The van der Waals surface area contributed by atoms with Gasteiger partial charge in [0.25, 0.3) is 5.56 Å². The van der Waals surface area contributed by atoms with Gasteiger partial charge in [0.15, 0.2) is 0 Å². The summed E-state index contributed by atoms with van der Waals surface area (Å²) in [6.07, 6.45) is 4.68. The van der Waals surface area contributed by atoms with Crippen molar-refractivity contribution < 1.29 is 9.53 Å². The number of unbranched alkanes of at least 4 members (excludes halogenated alkanes) is 2. The van der Waals surface area contributed by atoms with Crippen molar-refractivity contribution in [3.8, 4) is 0 Å². The molecule has 0 spiro atoms. The van der Waals surface area contributed by atoms with Crippen LogP contribution in [0.15, 0.2) is 29.1 Å². The third-order valence-electron chi connectivity index (χ3n) is 4.80. The smallest absolute Gasteiger partial charge is 0.277 e. The van der Waals surface area contributed by atoms with Crippen molar-refractivity contribution in [3.63, 3.8) is 0 Å². The summed E-state index contributed by atoms with van der Waals surface area (Å²) in [5, 5.41) is 20.9. The van der Waals surface area contributed by atoms with Crippen LogP contribution in [0.25, 0.3) is 10.9 Å². The number of anilines is 1. The molecule has 152 valence electrons. The Morgan fingerprint density at radius 3 is 2.97 bits per heavy atom. The van der Waals surface area contributed by atoms with Gasteiger partial charge in [-0.25, -0.2) is 4.68 Å². The van der Waals surface area contributed by atoms with Gasteiger partial charge in [0.05, 0.1) is 5.39 Å². The highest BCUT2D eigenvalue weighted by molar-refractivity contribution is 7.15. The zero-order valence-electron chi connectivity index (χ0n) is 15.9. The first-order valence-electron chi connectivity index (χ1n) is 9.78. The van der Waals surface area contributed by atoms with Crippen molar-refractivity contribution in [1.29, 1.82) is 0 Å². The fraction of sp³-hybridized carbons (Fsp3) is 0.474. The molecule has 1 N–H and O–H groups in total. The maximum atomic E-state index is 12.4. The van der Waals surface area contributed by atoms with Crippen LogP contribution in [0, 0.1) is 0 Å². The van der Waals surface area contributed by atoms with Crippen LogP contribution >= 0.6 is 11.3 Å². The summed E-state index contributed by atoms with van der Waals surface area (Å²) >= 11 is 1.37. The number of benzene rings is 1. The van der Waals surface area contributed by atoms with Gasteiger partial charge in [-0.2, -0.15) is 0 Å². The molecule has 0 radical (unpaired) electrons. The Balaban J connectivity index is 1.19. The minimum absolute atomic E-state index is 0.0137. The minimum atomic E-state index is -0.133. The zero-order valence-corrected chi connectivity index (χ0v) is 16.7. The molecule has 1 saturated heterocycles. The minimum Gasteiger partial charge on any atom is -0.371 e. The summed E-state index contributed by atoms with van der Waals surface area (Å²) in [6.45, 7) is 1.24. The fourth-order valence-electron chi connectivity index (χ4n) is 3.26. The van der Waals surface area contributed by atoms with E-state index in [2.05, 4.69) is 25.8 Å². The van der Waals surface area contributed by atoms with E-state index in [9.17, 15) is 9.59 Å². The first-order chi connectivity index (χ1) is 14.2. The number of rotatable bonds is 8. The molecule has 0 aliphatic carbocycles. The quantitative estimate of drug-likeness (QED) is 0.564. The second-order valence-corrected chi connectivity index (χ2v) is 7.95. The molecule has 0 unspecified atom stereocenters. The van der Waals surface area contributed by atoms with E-state index in [0.717, 1.165) is 43.7 Å². The lowest BCUT2D eigenvalue weighted by atomic mass is 10.2. The summed E-state index contributed by atoms with van der Waals surface area (Å²) in [5.74, 6) is -0.0808. The van der Waals surface area contributed by atoms with Crippen LogP contribution in [0.3, 0.4) is 0 Å². The fourth-order valence-corrected chi connectivity index (χ4v) is 4.11. The molecule has 9 nitrogen and oxygen atoms in total. The topological polar surface area (TPSA) is 112 Å². The second-order valence-electron chi connectivity index (χ2n) is 6.94. The van der Waals surface area contributed by atoms with E-state index in [1.807, 2.05) is 12.1 Å². The van der Waals surface area contributed by atoms with Crippen LogP contribution < -0.4 is 10.9 Å². The summed E-state index contributed by atoms with van der Waals surface area (Å²) in [7, 11) is 0. The lowest BCUT2D eigenvalue weighted by molar-refractivity contribution is -0.116. The summed E-state index contributed by atoms with van der Waals surface area (Å²) in [5.41, 5.74) is 0.469. The van der Waals surface area contributed by atoms with Crippen LogP contribution in [0.4, 0.5) is 5.13 Å². The predicted octanol–water partition coefficient (Wildman–Crippen LogP) is 2.69. The Labute approximate surface area is 171 Å². The second kappa shape index (κ2) is 9.19. The molecule has 0 bridgehead atoms. The number of nitrogens with zero attached hydrogens (tertiary/aromatic N) is 5. The monoisotopic (exact) mass is 414 g/mol. The lowest BCUT2D eigenvalue weighted by Gasteiger charge is -2.05. The van der Waals surface area contributed by atoms with E-state index in [0.29, 0.717) is 29.0 Å². The normalized spacial score (nSPS) is 16.3. The highest BCUT2D eigenvalue weighted by Gasteiger charge is 2.22. The van der Waals surface area contributed by atoms with Crippen molar-refractivity contribution in [2.24, 2.45) is 0 Å². The number of carbonyl (C=O) groups is 1. The third-order valence-corrected chi connectivity index (χ3v) is 5.73. The number of aromatic nitrogens is 5. The van der Waals surface area contributed by atoms with Crippen molar-refractivity contribution >= 4 is 33.3 Å². The number of nitrogens with one attached hydrogen (secondary N) is 1. The Morgan fingerprint density at radius 1 is 1.21 bits per heavy atom. The molecule has 2 aromatic heterocycles. The van der Waals surface area contributed by atoms with Gasteiger partial charge in [-0.3, -0.25) is 9.59 Å². The molecule has 1 amide bonds. The van der Waals surface area contributed by atoms with E-state index in [1.165, 1.54) is 16.0 Å². The lowest BCUT2D eigenvalue weighted by Crippen LogP contribution is -2.24. The molecule has 1 aliphatic heterocycles. The number of hydrogen-bond acceptors (Lipinski definition) is 8. The Morgan fingerprint density at radius 2 is 2.10 bits per heavy atom. The highest BCUT2D eigenvalue weighted by Crippen LogP contribution is 2.31. The number of carbonyl (C=O) groups excluding carboxylic acids is 1. The number of hydrogen-bond donors (Lipinski definition) is 1. The maximum Gasteiger partial charge on any atom is 0.277 e. The Kier molecular flexibility index (Phi) is 6.20. The van der Waals surface area contributed by atoms with Gasteiger partial charge in [-0.15, -0.1) is 15.3 Å². The van der Waals surface area contributed by atoms with Gasteiger partial charge >= 0.3 is 0 Å². The molecule has 1 aliphatic rings. The van der Waals surface area contributed by atoms with Gasteiger partial charge in [-0.1, -0.05) is 35.1 Å². The van der Waals surface area contributed by atoms with E-state index in [1.54, 1.807) is 12.1 Å². The van der Waals surface area contributed by atoms with Gasteiger partial charge in [-0.05, 0) is 37.8 Å². The van der Waals surface area contributed by atoms with Crippen LogP contribution in [0.2, 0.25) is 0 Å². The van der Waals surface area contributed by atoms with Crippen molar-refractivity contribution in [2.45, 2.75) is 51.2 Å². The van der Waals surface area contributed by atoms with Crippen LogP contribution in [-0.4, -0.2) is 37.7 Å². The van der Waals surface area contributed by atoms with Crippen molar-refractivity contribution in [3.05, 3.63) is 39.6 Å². The van der Waals surface area contributed by atoms with Crippen LogP contribution in [-0.2, 0) is 16.1 Å². The molecule has 1 aromatic carbocycles. The van der Waals surface area contributed by atoms with Gasteiger partial charge in [0.1, 0.15) is 16.6 Å². The van der Waals surface area contributed by atoms with E-state index >= 15 is 0 Å². The first kappa shape index (κ1) is 19.6.